The van der Waals surface area contributed by atoms with Crippen LogP contribution in [0.1, 0.15) is 33.6 Å². The van der Waals surface area contributed by atoms with Crippen LogP contribution < -0.4 is 5.32 Å². The lowest BCUT2D eigenvalue weighted by atomic mass is 9.99. The molecule has 0 aliphatic rings. The minimum absolute atomic E-state index is 0.0983. The second kappa shape index (κ2) is 4.87. The van der Waals surface area contributed by atoms with Gasteiger partial charge in [-0.25, -0.2) is 9.97 Å². The highest BCUT2D eigenvalue weighted by Crippen LogP contribution is 2.17. The third kappa shape index (κ3) is 3.45. The van der Waals surface area contributed by atoms with Crippen LogP contribution in [-0.4, -0.2) is 20.4 Å². The molecule has 1 N–H and O–H groups in total. The minimum atomic E-state index is -0.513. The molecule has 0 fully saturated rings. The number of anilines is 1. The predicted octanol–water partition coefficient (Wildman–Crippen LogP) is 2.38. The fraction of sp³-hybridized carbons (Fsp3) is 0.600. The summed E-state index contributed by atoms with van der Waals surface area (Å²) in [5, 5.41) is 13.5. The van der Waals surface area contributed by atoms with E-state index in [1.54, 1.807) is 0 Å². The average Bonchev–Trinajstić information content (AvgIpc) is 2.17. The predicted molar refractivity (Wildman–Crippen MR) is 61.3 cm³/mol. The fourth-order valence-electron chi connectivity index (χ4n) is 1.47. The molecule has 6 heteroatoms. The Bertz CT molecular complexity index is 362. The third-order valence-electron chi connectivity index (χ3n) is 2.17. The molecule has 88 valence electrons. The van der Waals surface area contributed by atoms with Crippen LogP contribution in [0, 0.1) is 10.1 Å². The van der Waals surface area contributed by atoms with Gasteiger partial charge in [-0.1, -0.05) is 13.3 Å². The Kier molecular flexibility index (Phi) is 3.76. The molecule has 0 aliphatic heterocycles. The number of hydrogen-bond donors (Lipinski definition) is 1. The Morgan fingerprint density at radius 3 is 2.44 bits per heavy atom. The number of hydrogen-bond acceptors (Lipinski definition) is 5. The van der Waals surface area contributed by atoms with Crippen LogP contribution in [0.5, 0.6) is 0 Å². The van der Waals surface area contributed by atoms with E-state index in [4.69, 9.17) is 0 Å². The van der Waals surface area contributed by atoms with Gasteiger partial charge in [0.1, 0.15) is 12.4 Å². The third-order valence-corrected chi connectivity index (χ3v) is 2.17. The maximum Gasteiger partial charge on any atom is 0.305 e. The Morgan fingerprint density at radius 2 is 2.00 bits per heavy atom. The molecular weight excluding hydrogens is 208 g/mol. The first-order valence-corrected chi connectivity index (χ1v) is 5.19. The molecule has 1 aromatic heterocycles. The fourth-order valence-corrected chi connectivity index (χ4v) is 1.47. The molecule has 16 heavy (non-hydrogen) atoms. The first kappa shape index (κ1) is 12.4. The lowest BCUT2D eigenvalue weighted by molar-refractivity contribution is -0.385. The van der Waals surface area contributed by atoms with E-state index in [1.807, 2.05) is 13.8 Å². The van der Waals surface area contributed by atoms with E-state index in [-0.39, 0.29) is 11.2 Å². The molecule has 1 heterocycles. The molecule has 6 nitrogen and oxygen atoms in total. The quantitative estimate of drug-likeness (QED) is 0.613. The summed E-state index contributed by atoms with van der Waals surface area (Å²) in [5.41, 5.74) is -0.205. The van der Waals surface area contributed by atoms with Crippen LogP contribution in [0.4, 0.5) is 11.6 Å². The topological polar surface area (TPSA) is 81.0 Å². The summed E-state index contributed by atoms with van der Waals surface area (Å²) in [6, 6.07) is 0. The first-order chi connectivity index (χ1) is 7.44. The van der Waals surface area contributed by atoms with Crippen molar-refractivity contribution in [3.05, 3.63) is 22.5 Å². The zero-order valence-electron chi connectivity index (χ0n) is 9.73. The van der Waals surface area contributed by atoms with E-state index in [2.05, 4.69) is 22.2 Å². The lowest BCUT2D eigenvalue weighted by Crippen LogP contribution is -2.31. The molecule has 0 unspecified atom stereocenters. The molecule has 0 aliphatic carbocycles. The number of rotatable bonds is 5. The SMILES string of the molecule is CCCC(C)(C)Nc1ncc([N+](=O)[O-])cn1. The molecule has 0 spiro atoms. The van der Waals surface area contributed by atoms with Gasteiger partial charge in [0, 0.05) is 5.54 Å². The zero-order valence-corrected chi connectivity index (χ0v) is 9.73. The summed E-state index contributed by atoms with van der Waals surface area (Å²) in [6.07, 6.45) is 4.44. The molecule has 0 aromatic carbocycles. The highest BCUT2D eigenvalue weighted by molar-refractivity contribution is 5.32. The van der Waals surface area contributed by atoms with E-state index in [9.17, 15) is 10.1 Å². The summed E-state index contributed by atoms with van der Waals surface area (Å²) in [4.78, 5) is 17.7. The second-order valence-electron chi connectivity index (χ2n) is 4.28. The van der Waals surface area contributed by atoms with Crippen LogP contribution in [0.3, 0.4) is 0 Å². The average molecular weight is 224 g/mol. The van der Waals surface area contributed by atoms with Gasteiger partial charge in [0.05, 0.1) is 4.92 Å². The number of nitrogens with zero attached hydrogens (tertiary/aromatic N) is 3. The Morgan fingerprint density at radius 1 is 1.44 bits per heavy atom. The summed E-state index contributed by atoms with van der Waals surface area (Å²) >= 11 is 0. The minimum Gasteiger partial charge on any atom is -0.349 e. The summed E-state index contributed by atoms with van der Waals surface area (Å²) in [5.74, 6) is 0.420. The second-order valence-corrected chi connectivity index (χ2v) is 4.28. The van der Waals surface area contributed by atoms with E-state index in [0.29, 0.717) is 5.95 Å². The number of nitrogens with one attached hydrogen (secondary N) is 1. The van der Waals surface area contributed by atoms with Crippen molar-refractivity contribution in [3.8, 4) is 0 Å². The maximum absolute atomic E-state index is 10.4. The summed E-state index contributed by atoms with van der Waals surface area (Å²) in [7, 11) is 0. The van der Waals surface area contributed by atoms with E-state index >= 15 is 0 Å². The van der Waals surface area contributed by atoms with Gasteiger partial charge < -0.3 is 5.32 Å². The molecular formula is C10H16N4O2. The zero-order chi connectivity index (χ0) is 12.2. The summed E-state index contributed by atoms with van der Waals surface area (Å²) in [6.45, 7) is 6.18. The molecule has 0 radical (unpaired) electrons. The molecule has 0 amide bonds. The van der Waals surface area contributed by atoms with Gasteiger partial charge >= 0.3 is 5.69 Å². The van der Waals surface area contributed by atoms with Crippen LogP contribution >= 0.6 is 0 Å². The van der Waals surface area contributed by atoms with Crippen molar-refractivity contribution in [2.24, 2.45) is 0 Å². The number of nitro groups is 1. The van der Waals surface area contributed by atoms with Crippen LogP contribution in [0.15, 0.2) is 12.4 Å². The Labute approximate surface area is 94.3 Å². The standard InChI is InChI=1S/C10H16N4O2/c1-4-5-10(2,3)13-9-11-6-8(7-12-9)14(15)16/h6-7H,4-5H2,1-3H3,(H,11,12,13). The largest absolute Gasteiger partial charge is 0.349 e. The van der Waals surface area contributed by atoms with E-state index < -0.39 is 4.92 Å². The van der Waals surface area contributed by atoms with Crippen molar-refractivity contribution in [3.63, 3.8) is 0 Å². The van der Waals surface area contributed by atoms with Gasteiger partial charge in [0.2, 0.25) is 5.95 Å². The van der Waals surface area contributed by atoms with Gasteiger partial charge in [-0.05, 0) is 20.3 Å². The lowest BCUT2D eigenvalue weighted by Gasteiger charge is -2.25. The van der Waals surface area contributed by atoms with Crippen molar-refractivity contribution in [2.75, 3.05) is 5.32 Å². The van der Waals surface area contributed by atoms with Crippen LogP contribution in [0.2, 0.25) is 0 Å². The smallest absolute Gasteiger partial charge is 0.305 e. The van der Waals surface area contributed by atoms with Crippen molar-refractivity contribution < 1.29 is 4.92 Å². The highest BCUT2D eigenvalue weighted by atomic mass is 16.6. The molecule has 0 saturated heterocycles. The van der Waals surface area contributed by atoms with Gasteiger partial charge in [0.15, 0.2) is 0 Å². The number of aromatic nitrogens is 2. The summed E-state index contributed by atoms with van der Waals surface area (Å²) < 4.78 is 0. The van der Waals surface area contributed by atoms with E-state index in [1.165, 1.54) is 12.4 Å². The van der Waals surface area contributed by atoms with Gasteiger partial charge in [-0.3, -0.25) is 10.1 Å². The van der Waals surface area contributed by atoms with Gasteiger partial charge in [-0.15, -0.1) is 0 Å². The van der Waals surface area contributed by atoms with E-state index in [0.717, 1.165) is 12.8 Å². The van der Waals surface area contributed by atoms with Crippen molar-refractivity contribution in [1.82, 2.24) is 9.97 Å². The monoisotopic (exact) mass is 224 g/mol. The molecule has 0 atom stereocenters. The normalized spacial score (nSPS) is 11.2. The van der Waals surface area contributed by atoms with Crippen LogP contribution in [0.25, 0.3) is 0 Å². The molecule has 0 bridgehead atoms. The van der Waals surface area contributed by atoms with Crippen molar-refractivity contribution in [2.45, 2.75) is 39.2 Å². The van der Waals surface area contributed by atoms with Crippen molar-refractivity contribution >= 4 is 11.6 Å². The van der Waals surface area contributed by atoms with Gasteiger partial charge in [-0.2, -0.15) is 0 Å². The molecule has 0 saturated carbocycles. The van der Waals surface area contributed by atoms with Gasteiger partial charge in [0.25, 0.3) is 0 Å². The first-order valence-electron chi connectivity index (χ1n) is 5.19. The maximum atomic E-state index is 10.4. The highest BCUT2D eigenvalue weighted by Gasteiger charge is 2.17. The molecule has 1 rings (SSSR count). The molecule has 1 aromatic rings. The van der Waals surface area contributed by atoms with Crippen molar-refractivity contribution in [1.29, 1.82) is 0 Å². The Hall–Kier alpha value is -1.72. The Balaban J connectivity index is 2.72. The van der Waals surface area contributed by atoms with Crippen LogP contribution in [-0.2, 0) is 0 Å².